The van der Waals surface area contributed by atoms with Gasteiger partial charge in [-0.05, 0) is 12.1 Å². The summed E-state index contributed by atoms with van der Waals surface area (Å²) in [5.74, 6) is -0.442. The van der Waals surface area contributed by atoms with Crippen LogP contribution in [0.5, 0.6) is 0 Å². The van der Waals surface area contributed by atoms with Gasteiger partial charge in [0.1, 0.15) is 0 Å². The second-order valence-electron chi connectivity index (χ2n) is 1.61. The molecule has 58 valence electrons. The van der Waals surface area contributed by atoms with Crippen molar-refractivity contribution in [1.82, 2.24) is 4.98 Å². The van der Waals surface area contributed by atoms with Crippen LogP contribution in [-0.4, -0.2) is 10.9 Å². The molecule has 0 unspecified atom stereocenters. The van der Waals surface area contributed by atoms with E-state index in [1.807, 2.05) is 0 Å². The molecule has 0 aliphatic carbocycles. The summed E-state index contributed by atoms with van der Waals surface area (Å²) in [7, 11) is 0. The summed E-state index contributed by atoms with van der Waals surface area (Å²) in [6.07, 6.45) is 3.02. The molecule has 1 heterocycles. The van der Waals surface area contributed by atoms with Gasteiger partial charge in [0.2, 0.25) is 5.91 Å². The molecular weight excluding hydrogens is 146 g/mol. The second-order valence-corrected chi connectivity index (χ2v) is 1.61. The van der Waals surface area contributed by atoms with E-state index in [9.17, 15) is 4.79 Å². The standard InChI is InChI=1S/C6H6N2O.HNO/c7-6(9)5-2-1-3-8-4-5;1-2/h1-4H,(H2,7,9);1H. The molecule has 3 N–H and O–H groups in total. The van der Waals surface area contributed by atoms with E-state index in [1.54, 1.807) is 18.3 Å². The Labute approximate surface area is 63.0 Å². The van der Waals surface area contributed by atoms with E-state index >= 15 is 0 Å². The van der Waals surface area contributed by atoms with Crippen LogP contribution in [0.15, 0.2) is 24.5 Å². The van der Waals surface area contributed by atoms with Crippen molar-refractivity contribution in [2.45, 2.75) is 0 Å². The number of nitrogens with two attached hydrogens (primary N) is 1. The fraction of sp³-hybridized carbons (Fsp3) is 0. The van der Waals surface area contributed by atoms with Gasteiger partial charge < -0.3 is 5.73 Å². The molecule has 0 aliphatic rings. The highest BCUT2D eigenvalue weighted by molar-refractivity contribution is 5.92. The Morgan fingerprint density at radius 1 is 1.55 bits per heavy atom. The number of nitrogens with zero attached hydrogens (tertiary/aromatic N) is 1. The summed E-state index contributed by atoms with van der Waals surface area (Å²) in [4.78, 5) is 21.6. The maximum absolute atomic E-state index is 10.4. The predicted molar refractivity (Wildman–Crippen MR) is 38.8 cm³/mol. The predicted octanol–water partition coefficient (Wildman–Crippen LogP) is 0.512. The van der Waals surface area contributed by atoms with Gasteiger partial charge in [-0.3, -0.25) is 9.78 Å². The van der Waals surface area contributed by atoms with Crippen molar-refractivity contribution in [3.05, 3.63) is 35.0 Å². The number of amides is 1. The smallest absolute Gasteiger partial charge is 0.250 e. The van der Waals surface area contributed by atoms with Crippen molar-refractivity contribution in [2.24, 2.45) is 5.73 Å². The first-order valence-electron chi connectivity index (χ1n) is 2.71. The van der Waals surface area contributed by atoms with E-state index in [-0.39, 0.29) is 0 Å². The van der Waals surface area contributed by atoms with Crippen molar-refractivity contribution in [2.75, 3.05) is 0 Å². The van der Waals surface area contributed by atoms with E-state index in [2.05, 4.69) is 10.6 Å². The lowest BCUT2D eigenvalue weighted by Crippen LogP contribution is -2.10. The summed E-state index contributed by atoms with van der Waals surface area (Å²) in [5, 5.41) is 0. The number of carbonyl (C=O) groups excluding carboxylic acids is 1. The summed E-state index contributed by atoms with van der Waals surface area (Å²) in [6.45, 7) is 0. The first-order valence-corrected chi connectivity index (χ1v) is 2.71. The second kappa shape index (κ2) is 5.04. The summed E-state index contributed by atoms with van der Waals surface area (Å²) < 4.78 is 0. The average molecular weight is 153 g/mol. The molecule has 1 amide bonds. The van der Waals surface area contributed by atoms with E-state index in [4.69, 9.17) is 10.6 Å². The average Bonchev–Trinajstić information content (AvgIpc) is 2.10. The number of rotatable bonds is 1. The molecule has 0 spiro atoms. The number of nitrogens with one attached hydrogen (secondary N) is 1. The monoisotopic (exact) mass is 153 g/mol. The molecule has 11 heavy (non-hydrogen) atoms. The topological polar surface area (TPSA) is 96.9 Å². The van der Waals surface area contributed by atoms with Crippen LogP contribution in [0.2, 0.25) is 0 Å². The molecule has 0 bridgehead atoms. The lowest BCUT2D eigenvalue weighted by atomic mass is 10.3. The van der Waals surface area contributed by atoms with Gasteiger partial charge in [-0.15, -0.1) is 0 Å². The van der Waals surface area contributed by atoms with Crippen LogP contribution in [0, 0.1) is 10.5 Å². The first-order chi connectivity index (χ1) is 5.30. The minimum atomic E-state index is -0.442. The van der Waals surface area contributed by atoms with Crippen molar-refractivity contribution in [3.63, 3.8) is 0 Å². The van der Waals surface area contributed by atoms with Gasteiger partial charge in [0.05, 0.1) is 5.56 Å². The zero-order valence-corrected chi connectivity index (χ0v) is 5.65. The SMILES string of the molecule is N=O.NC(=O)c1cccnc1. The molecule has 1 aromatic heterocycles. The highest BCUT2D eigenvalue weighted by Crippen LogP contribution is 1.91. The van der Waals surface area contributed by atoms with Gasteiger partial charge in [0.25, 0.3) is 0 Å². The largest absolute Gasteiger partial charge is 0.366 e. The van der Waals surface area contributed by atoms with E-state index < -0.39 is 5.91 Å². The van der Waals surface area contributed by atoms with Crippen LogP contribution in [0.25, 0.3) is 0 Å². The lowest BCUT2D eigenvalue weighted by molar-refractivity contribution is 0.1000. The van der Waals surface area contributed by atoms with Crippen LogP contribution in [0.4, 0.5) is 0 Å². The van der Waals surface area contributed by atoms with Crippen molar-refractivity contribution in [3.8, 4) is 0 Å². The van der Waals surface area contributed by atoms with Crippen LogP contribution < -0.4 is 5.73 Å². The Hall–Kier alpha value is -1.78. The van der Waals surface area contributed by atoms with Gasteiger partial charge in [-0.1, -0.05) is 5.59 Å². The third-order valence-corrected chi connectivity index (χ3v) is 0.946. The molecule has 0 aromatic carbocycles. The summed E-state index contributed by atoms with van der Waals surface area (Å²) >= 11 is 0. The molecule has 0 saturated heterocycles. The van der Waals surface area contributed by atoms with Gasteiger partial charge >= 0.3 is 0 Å². The summed E-state index contributed by atoms with van der Waals surface area (Å²) in [6, 6.07) is 3.29. The number of carbonyl (C=O) groups is 1. The van der Waals surface area contributed by atoms with Crippen LogP contribution in [0.3, 0.4) is 0 Å². The van der Waals surface area contributed by atoms with E-state index in [0.29, 0.717) is 5.56 Å². The van der Waals surface area contributed by atoms with E-state index in [1.165, 1.54) is 6.20 Å². The molecular formula is C6H7N3O2. The number of hydrogen-bond donors (Lipinski definition) is 2. The minimum absolute atomic E-state index is 0.442. The molecule has 0 radical (unpaired) electrons. The van der Waals surface area contributed by atoms with E-state index in [0.717, 1.165) is 0 Å². The van der Waals surface area contributed by atoms with Crippen LogP contribution in [-0.2, 0) is 0 Å². The Balaban J connectivity index is 0.000000461. The maximum Gasteiger partial charge on any atom is 0.250 e. The zero-order valence-electron chi connectivity index (χ0n) is 5.65. The normalized spacial score (nSPS) is 7.64. The fourth-order valence-electron chi connectivity index (χ4n) is 0.509. The zero-order chi connectivity index (χ0) is 8.69. The third-order valence-electron chi connectivity index (χ3n) is 0.946. The third kappa shape index (κ3) is 3.04. The Morgan fingerprint density at radius 2 is 2.18 bits per heavy atom. The Morgan fingerprint density at radius 3 is 2.45 bits per heavy atom. The number of pyridine rings is 1. The van der Waals surface area contributed by atoms with Crippen molar-refractivity contribution < 1.29 is 4.79 Å². The Bertz CT molecular complexity index is 225. The van der Waals surface area contributed by atoms with Gasteiger partial charge in [-0.25, -0.2) is 0 Å². The number of aromatic nitrogens is 1. The summed E-state index contributed by atoms with van der Waals surface area (Å²) in [5.41, 5.74) is 9.88. The molecule has 1 aromatic rings. The van der Waals surface area contributed by atoms with Gasteiger partial charge in [-0.2, -0.15) is 4.91 Å². The molecule has 0 aliphatic heterocycles. The minimum Gasteiger partial charge on any atom is -0.366 e. The van der Waals surface area contributed by atoms with Crippen LogP contribution >= 0.6 is 0 Å². The molecule has 5 heteroatoms. The molecule has 5 nitrogen and oxygen atoms in total. The fourth-order valence-corrected chi connectivity index (χ4v) is 0.509. The quantitative estimate of drug-likeness (QED) is 0.575. The first kappa shape index (κ1) is 9.22. The van der Waals surface area contributed by atoms with Crippen molar-refractivity contribution in [1.29, 1.82) is 5.59 Å². The molecule has 0 fully saturated rings. The molecule has 0 atom stereocenters. The maximum atomic E-state index is 10.4. The van der Waals surface area contributed by atoms with Crippen LogP contribution in [0.1, 0.15) is 10.4 Å². The van der Waals surface area contributed by atoms with Crippen molar-refractivity contribution >= 4 is 5.91 Å². The highest BCUT2D eigenvalue weighted by Gasteiger charge is 1.94. The highest BCUT2D eigenvalue weighted by atomic mass is 16.2. The molecule has 1 rings (SSSR count). The Kier molecular flexibility index (Phi) is 4.22. The number of hydrogen-bond acceptors (Lipinski definition) is 4. The number of primary amides is 1. The lowest BCUT2D eigenvalue weighted by Gasteiger charge is -1.88. The van der Waals surface area contributed by atoms with Gasteiger partial charge in [0.15, 0.2) is 0 Å². The molecule has 0 saturated carbocycles. The van der Waals surface area contributed by atoms with Gasteiger partial charge in [0, 0.05) is 12.4 Å². The number of nitroso groups, excluding NO2 is 1.